The molecule has 1 saturated heterocycles. The molecule has 2 N–H and O–H groups in total. The Balaban J connectivity index is 1.56. The van der Waals surface area contributed by atoms with Gasteiger partial charge in [-0.15, -0.1) is 0 Å². The Morgan fingerprint density at radius 2 is 2.00 bits per heavy atom. The minimum atomic E-state index is -1.55. The number of carbonyl (C=O) groups is 4. The maximum atomic E-state index is 13.0. The first-order valence-corrected chi connectivity index (χ1v) is 9.18. The highest BCUT2D eigenvalue weighted by Crippen LogP contribution is 2.32. The Hall–Kier alpha value is -4.28. The molecule has 11 heteroatoms. The van der Waals surface area contributed by atoms with E-state index in [1.807, 2.05) is 0 Å². The second kappa shape index (κ2) is 7.20. The van der Waals surface area contributed by atoms with Gasteiger partial charge in [-0.3, -0.25) is 29.4 Å². The van der Waals surface area contributed by atoms with Crippen LogP contribution in [0.2, 0.25) is 0 Å². The normalized spacial score (nSPS) is 19.9. The van der Waals surface area contributed by atoms with Crippen LogP contribution in [0.3, 0.4) is 0 Å². The van der Waals surface area contributed by atoms with E-state index >= 15 is 0 Å². The van der Waals surface area contributed by atoms with Crippen molar-refractivity contribution in [1.29, 1.82) is 0 Å². The molecule has 1 atom stereocenters. The third-order valence-electron chi connectivity index (χ3n) is 5.15. The molecule has 1 fully saturated rings. The van der Waals surface area contributed by atoms with Gasteiger partial charge in [-0.25, -0.2) is 4.79 Å². The van der Waals surface area contributed by atoms with Gasteiger partial charge < -0.3 is 15.4 Å². The van der Waals surface area contributed by atoms with Crippen LogP contribution >= 0.6 is 0 Å². The molecule has 0 spiro atoms. The zero-order valence-corrected chi connectivity index (χ0v) is 16.2. The number of nitro groups is 1. The maximum Gasteiger partial charge on any atom is 0.325 e. The van der Waals surface area contributed by atoms with E-state index in [4.69, 9.17) is 4.74 Å². The quantitative estimate of drug-likeness (QED) is 0.320. The van der Waals surface area contributed by atoms with Gasteiger partial charge in [0.15, 0.2) is 12.4 Å². The number of hydrogen-bond acceptors (Lipinski definition) is 7. The number of urea groups is 1. The van der Waals surface area contributed by atoms with Crippen LogP contribution in [0.1, 0.15) is 22.8 Å². The van der Waals surface area contributed by atoms with Gasteiger partial charge in [-0.1, -0.05) is 12.1 Å². The number of Topliss-reactive ketones (excluding diaryl/α,β-unsaturated/α-hetero) is 1. The number of benzene rings is 2. The Kier molecular flexibility index (Phi) is 4.65. The van der Waals surface area contributed by atoms with Crippen molar-refractivity contribution in [2.45, 2.75) is 12.5 Å². The van der Waals surface area contributed by atoms with Crippen LogP contribution in [-0.2, 0) is 15.1 Å². The average molecular weight is 424 g/mol. The summed E-state index contributed by atoms with van der Waals surface area (Å²) in [6, 6.07) is 8.98. The topological polar surface area (TPSA) is 148 Å². The van der Waals surface area contributed by atoms with Crippen LogP contribution in [0.4, 0.5) is 16.2 Å². The fourth-order valence-electron chi connectivity index (χ4n) is 3.46. The fraction of sp³-hybridized carbons (Fsp3) is 0.200. The summed E-state index contributed by atoms with van der Waals surface area (Å²) >= 11 is 0. The predicted octanol–water partition coefficient (Wildman–Crippen LogP) is 1.58. The van der Waals surface area contributed by atoms with Gasteiger partial charge in [-0.2, -0.15) is 0 Å². The monoisotopic (exact) mass is 424 g/mol. The van der Waals surface area contributed by atoms with E-state index in [2.05, 4.69) is 10.6 Å². The van der Waals surface area contributed by atoms with Crippen LogP contribution in [-0.4, -0.2) is 46.6 Å². The largest absolute Gasteiger partial charge is 0.482 e. The van der Waals surface area contributed by atoms with Crippen molar-refractivity contribution in [1.82, 2.24) is 10.2 Å². The lowest BCUT2D eigenvalue weighted by Crippen LogP contribution is -2.41. The third kappa shape index (κ3) is 3.45. The number of amides is 4. The number of carbonyl (C=O) groups excluding carboxylic acids is 4. The van der Waals surface area contributed by atoms with E-state index in [0.29, 0.717) is 11.4 Å². The standard InChI is InChI=1S/C20H16N4O7/c1-20(12-3-2-4-13(8-12)24(29)30)18(27)23(19(28)22-20)9-15(25)11-5-6-16-14(7-11)21-17(26)10-31-16/h2-8H,9-10H2,1H3,(H,21,26)(H,22,28). The summed E-state index contributed by atoms with van der Waals surface area (Å²) in [5, 5.41) is 16.1. The number of nitrogens with zero attached hydrogens (tertiary/aromatic N) is 2. The molecular weight excluding hydrogens is 408 g/mol. The highest BCUT2D eigenvalue weighted by molar-refractivity contribution is 6.11. The van der Waals surface area contributed by atoms with Crippen molar-refractivity contribution >= 4 is 35.0 Å². The fourth-order valence-corrected chi connectivity index (χ4v) is 3.46. The molecule has 2 aliphatic heterocycles. The molecule has 0 saturated carbocycles. The van der Waals surface area contributed by atoms with Gasteiger partial charge >= 0.3 is 6.03 Å². The number of ether oxygens (including phenoxy) is 1. The Labute approximate surface area is 175 Å². The first kappa shape index (κ1) is 20.0. The zero-order chi connectivity index (χ0) is 22.3. The number of fused-ring (bicyclic) bond motifs is 1. The number of hydrogen-bond donors (Lipinski definition) is 2. The van der Waals surface area contributed by atoms with Crippen molar-refractivity contribution in [2.24, 2.45) is 0 Å². The molecule has 0 bridgehead atoms. The number of rotatable bonds is 5. The van der Waals surface area contributed by atoms with Crippen molar-refractivity contribution in [2.75, 3.05) is 18.5 Å². The van der Waals surface area contributed by atoms with Gasteiger partial charge in [0.25, 0.3) is 17.5 Å². The van der Waals surface area contributed by atoms with Crippen LogP contribution in [0.5, 0.6) is 5.75 Å². The van der Waals surface area contributed by atoms with Crippen molar-refractivity contribution in [3.05, 3.63) is 63.7 Å². The van der Waals surface area contributed by atoms with E-state index in [1.165, 1.54) is 49.4 Å². The molecular formula is C20H16N4O7. The summed E-state index contributed by atoms with van der Waals surface area (Å²) < 4.78 is 5.24. The smallest absolute Gasteiger partial charge is 0.325 e. The van der Waals surface area contributed by atoms with Gasteiger partial charge in [0.1, 0.15) is 11.3 Å². The summed E-state index contributed by atoms with van der Waals surface area (Å²) in [5.41, 5.74) is -1.06. The molecule has 4 rings (SSSR count). The third-order valence-corrected chi connectivity index (χ3v) is 5.15. The molecule has 1 unspecified atom stereocenters. The second-order valence-electron chi connectivity index (χ2n) is 7.22. The molecule has 0 radical (unpaired) electrons. The van der Waals surface area contributed by atoms with E-state index in [0.717, 1.165) is 4.90 Å². The summed E-state index contributed by atoms with van der Waals surface area (Å²) in [6.45, 7) is 0.754. The second-order valence-corrected chi connectivity index (χ2v) is 7.22. The number of anilines is 1. The number of imide groups is 1. The van der Waals surface area contributed by atoms with E-state index in [-0.39, 0.29) is 29.3 Å². The van der Waals surface area contributed by atoms with Crippen LogP contribution < -0.4 is 15.4 Å². The predicted molar refractivity (Wildman–Crippen MR) is 106 cm³/mol. The lowest BCUT2D eigenvalue weighted by Gasteiger charge is -2.22. The maximum absolute atomic E-state index is 13.0. The van der Waals surface area contributed by atoms with Gasteiger partial charge in [-0.05, 0) is 30.7 Å². The molecule has 2 aromatic rings. The van der Waals surface area contributed by atoms with Crippen molar-refractivity contribution < 1.29 is 28.8 Å². The van der Waals surface area contributed by atoms with Crippen LogP contribution in [0.15, 0.2) is 42.5 Å². The van der Waals surface area contributed by atoms with E-state index < -0.39 is 34.7 Å². The van der Waals surface area contributed by atoms with E-state index in [1.54, 1.807) is 0 Å². The SMILES string of the molecule is CC1(c2cccc([N+](=O)[O-])c2)NC(=O)N(CC(=O)c2ccc3c(c2)NC(=O)CO3)C1=O. The highest BCUT2D eigenvalue weighted by Gasteiger charge is 2.49. The number of non-ortho nitro benzene ring substituents is 1. The lowest BCUT2D eigenvalue weighted by atomic mass is 9.91. The molecule has 2 heterocycles. The summed E-state index contributed by atoms with van der Waals surface area (Å²) in [5.74, 6) is -1.20. The summed E-state index contributed by atoms with van der Waals surface area (Å²) in [6.07, 6.45) is 0. The van der Waals surface area contributed by atoms with Crippen molar-refractivity contribution in [3.63, 3.8) is 0 Å². The Morgan fingerprint density at radius 1 is 1.23 bits per heavy atom. The van der Waals surface area contributed by atoms with Gasteiger partial charge in [0.05, 0.1) is 17.2 Å². The molecule has 158 valence electrons. The first-order chi connectivity index (χ1) is 14.7. The average Bonchev–Trinajstić information content (AvgIpc) is 2.97. The number of ketones is 1. The van der Waals surface area contributed by atoms with Gasteiger partial charge in [0.2, 0.25) is 0 Å². The molecule has 2 aromatic carbocycles. The number of nitrogens with one attached hydrogen (secondary N) is 2. The van der Waals surface area contributed by atoms with Gasteiger partial charge in [0, 0.05) is 17.7 Å². The summed E-state index contributed by atoms with van der Waals surface area (Å²) in [7, 11) is 0. The molecule has 0 aliphatic carbocycles. The highest BCUT2D eigenvalue weighted by atomic mass is 16.6. The molecule has 11 nitrogen and oxygen atoms in total. The first-order valence-electron chi connectivity index (χ1n) is 9.18. The Bertz CT molecular complexity index is 1160. The molecule has 31 heavy (non-hydrogen) atoms. The molecule has 0 aromatic heterocycles. The van der Waals surface area contributed by atoms with E-state index in [9.17, 15) is 29.3 Å². The minimum Gasteiger partial charge on any atom is -0.482 e. The summed E-state index contributed by atoms with van der Waals surface area (Å²) in [4.78, 5) is 60.9. The van der Waals surface area contributed by atoms with Crippen molar-refractivity contribution in [3.8, 4) is 5.75 Å². The zero-order valence-electron chi connectivity index (χ0n) is 16.2. The minimum absolute atomic E-state index is 0.126. The van der Waals surface area contributed by atoms with Crippen LogP contribution in [0, 0.1) is 10.1 Å². The Morgan fingerprint density at radius 3 is 2.74 bits per heavy atom. The molecule has 2 aliphatic rings. The number of nitro benzene ring substituents is 1. The molecule has 4 amide bonds. The van der Waals surface area contributed by atoms with Crippen LogP contribution in [0.25, 0.3) is 0 Å². The lowest BCUT2D eigenvalue weighted by molar-refractivity contribution is -0.385.